The minimum atomic E-state index is 0.375. The molecule has 0 saturated carbocycles. The van der Waals surface area contributed by atoms with Crippen LogP contribution < -0.4 is 5.32 Å². The Labute approximate surface area is 103 Å². The third kappa shape index (κ3) is 70.4. The van der Waals surface area contributed by atoms with Gasteiger partial charge in [-0.25, -0.2) is 0 Å². The van der Waals surface area contributed by atoms with Crippen LogP contribution in [0.4, 0.5) is 0 Å². The molecule has 16 heavy (non-hydrogen) atoms. The van der Waals surface area contributed by atoms with Crippen LogP contribution in [0.15, 0.2) is 0 Å². The van der Waals surface area contributed by atoms with Gasteiger partial charge in [-0.15, -0.1) is 0 Å². The van der Waals surface area contributed by atoms with Gasteiger partial charge in [0.1, 0.15) is 0 Å². The van der Waals surface area contributed by atoms with E-state index in [2.05, 4.69) is 23.9 Å². The molecule has 1 fully saturated rings. The lowest BCUT2D eigenvalue weighted by molar-refractivity contribution is -0.126. The monoisotopic (exact) mass is 235 g/mol. The molecule has 0 amide bonds. The summed E-state index contributed by atoms with van der Waals surface area (Å²) in [5.41, 5.74) is 0. The summed E-state index contributed by atoms with van der Waals surface area (Å²) in [6.07, 6.45) is 4.03. The summed E-state index contributed by atoms with van der Waals surface area (Å²) in [6.45, 7) is 15.1. The third-order valence-electron chi connectivity index (χ3n) is 1.05. The van der Waals surface area contributed by atoms with E-state index in [9.17, 15) is 0 Å². The molecule has 3 nitrogen and oxygen atoms in total. The van der Waals surface area contributed by atoms with Gasteiger partial charge in [0.15, 0.2) is 0 Å². The number of hydrogen-bond donors (Lipinski definition) is 1. The largest absolute Gasteiger partial charge is 0.471 e. The van der Waals surface area contributed by atoms with Crippen LogP contribution in [0.1, 0.15) is 60.8 Å². The average molecular weight is 235 g/mol. The fraction of sp³-hybridized carbons (Fsp3) is 0.923. The first-order valence-corrected chi connectivity index (χ1v) is 6.50. The van der Waals surface area contributed by atoms with Crippen LogP contribution in [0.5, 0.6) is 0 Å². The lowest BCUT2D eigenvalue weighted by Crippen LogP contribution is -2.03. The Kier molecular flexibility index (Phi) is 72.5. The van der Waals surface area contributed by atoms with E-state index in [0.29, 0.717) is 6.47 Å². The number of rotatable bonds is 1. The van der Waals surface area contributed by atoms with E-state index in [1.165, 1.54) is 39.5 Å². The van der Waals surface area contributed by atoms with Gasteiger partial charge in [0.25, 0.3) is 6.47 Å². The van der Waals surface area contributed by atoms with Crippen molar-refractivity contribution in [2.75, 3.05) is 20.2 Å². The molecule has 3 heteroatoms. The Bertz CT molecular complexity index is 66.7. The van der Waals surface area contributed by atoms with Crippen LogP contribution in [0.25, 0.3) is 0 Å². The first-order chi connectivity index (χ1) is 7.83. The van der Waals surface area contributed by atoms with Gasteiger partial charge in [-0.2, -0.15) is 0 Å². The molecule has 0 atom stereocenters. The Morgan fingerprint density at radius 2 is 1.31 bits per heavy atom. The van der Waals surface area contributed by atoms with Crippen LogP contribution in [-0.4, -0.2) is 26.7 Å². The molecule has 1 rings (SSSR count). The second kappa shape index (κ2) is 47.1. The summed E-state index contributed by atoms with van der Waals surface area (Å²) >= 11 is 0. The smallest absolute Gasteiger partial charge is 0.292 e. The van der Waals surface area contributed by atoms with Crippen LogP contribution >= 0.6 is 0 Å². The van der Waals surface area contributed by atoms with Crippen molar-refractivity contribution in [2.45, 2.75) is 60.8 Å². The van der Waals surface area contributed by atoms with Crippen molar-refractivity contribution in [1.29, 1.82) is 0 Å². The highest BCUT2D eigenvalue weighted by molar-refractivity contribution is 5.36. The quantitative estimate of drug-likeness (QED) is 0.705. The highest BCUT2D eigenvalue weighted by Gasteiger charge is 1.93. The molecule has 1 aliphatic rings. The number of ether oxygens (including phenoxy) is 1. The topological polar surface area (TPSA) is 38.3 Å². The van der Waals surface area contributed by atoms with E-state index in [-0.39, 0.29) is 0 Å². The summed E-state index contributed by atoms with van der Waals surface area (Å²) < 4.78 is 3.86. The zero-order valence-corrected chi connectivity index (χ0v) is 12.4. The normalized spacial score (nSPS) is 10.7. The van der Waals surface area contributed by atoms with Gasteiger partial charge in [-0.3, -0.25) is 4.79 Å². The lowest BCUT2D eigenvalue weighted by atomic mass is 10.4. The molecule has 0 aliphatic carbocycles. The average Bonchev–Trinajstić information content (AvgIpc) is 2.94. The molecule has 1 saturated heterocycles. The molecule has 0 spiro atoms. The molecule has 102 valence electrons. The Hall–Kier alpha value is -0.570. The number of carbonyl (C=O) groups is 1. The van der Waals surface area contributed by atoms with Crippen molar-refractivity contribution < 1.29 is 9.53 Å². The molecule has 0 aromatic carbocycles. The summed E-state index contributed by atoms with van der Waals surface area (Å²) in [7, 11) is 1.31. The van der Waals surface area contributed by atoms with E-state index in [1.807, 2.05) is 27.7 Å². The highest BCUT2D eigenvalue weighted by atomic mass is 16.5. The van der Waals surface area contributed by atoms with Crippen LogP contribution in [0.2, 0.25) is 0 Å². The molecular weight excluding hydrogens is 202 g/mol. The standard InChI is InChI=1S/C4H9N.C3H8.C2H4O2.2C2H6/c1-2-4-5-3-1;1-3-2;1-4-2-3;2*1-2/h5H,1-4H2;3H2,1-2H3;2H,1H3;2*1-2H3. The predicted octanol–water partition coefficient (Wildman–Crippen LogP) is 3.63. The maximum Gasteiger partial charge on any atom is 0.292 e. The first-order valence-electron chi connectivity index (χ1n) is 6.50. The second-order valence-corrected chi connectivity index (χ2v) is 2.50. The minimum Gasteiger partial charge on any atom is -0.471 e. The molecule has 0 aromatic heterocycles. The fourth-order valence-electron chi connectivity index (χ4n) is 0.625. The van der Waals surface area contributed by atoms with Crippen molar-refractivity contribution in [3.05, 3.63) is 0 Å². The van der Waals surface area contributed by atoms with E-state index in [1.54, 1.807) is 0 Å². The number of carbonyl (C=O) groups excluding carboxylic acids is 1. The maximum atomic E-state index is 8.95. The van der Waals surface area contributed by atoms with Gasteiger partial charge in [0, 0.05) is 0 Å². The van der Waals surface area contributed by atoms with Gasteiger partial charge in [0.05, 0.1) is 7.11 Å². The van der Waals surface area contributed by atoms with Crippen molar-refractivity contribution in [1.82, 2.24) is 5.32 Å². The van der Waals surface area contributed by atoms with Gasteiger partial charge >= 0.3 is 0 Å². The van der Waals surface area contributed by atoms with Crippen molar-refractivity contribution in [3.8, 4) is 0 Å². The molecule has 0 radical (unpaired) electrons. The molecular formula is C13H33NO2. The minimum absolute atomic E-state index is 0.375. The van der Waals surface area contributed by atoms with Crippen LogP contribution in [0.3, 0.4) is 0 Å². The zero-order valence-electron chi connectivity index (χ0n) is 12.4. The van der Waals surface area contributed by atoms with Crippen molar-refractivity contribution in [2.24, 2.45) is 0 Å². The van der Waals surface area contributed by atoms with Crippen LogP contribution in [-0.2, 0) is 9.53 Å². The number of hydrogen-bond acceptors (Lipinski definition) is 3. The van der Waals surface area contributed by atoms with E-state index >= 15 is 0 Å². The summed E-state index contributed by atoms with van der Waals surface area (Å²) in [5, 5.41) is 3.22. The fourth-order valence-corrected chi connectivity index (χ4v) is 0.625. The van der Waals surface area contributed by atoms with Gasteiger partial charge < -0.3 is 10.1 Å². The lowest BCUT2D eigenvalue weighted by Gasteiger charge is -1.76. The van der Waals surface area contributed by atoms with Gasteiger partial charge in [-0.1, -0.05) is 48.0 Å². The first kappa shape index (κ1) is 24.6. The predicted molar refractivity (Wildman–Crippen MR) is 73.8 cm³/mol. The maximum absolute atomic E-state index is 8.95. The van der Waals surface area contributed by atoms with E-state index in [4.69, 9.17) is 4.79 Å². The molecule has 0 bridgehead atoms. The Morgan fingerprint density at radius 1 is 1.06 bits per heavy atom. The summed E-state index contributed by atoms with van der Waals surface area (Å²) in [4.78, 5) is 8.95. The third-order valence-corrected chi connectivity index (χ3v) is 1.05. The van der Waals surface area contributed by atoms with E-state index < -0.39 is 0 Å². The molecule has 0 unspecified atom stereocenters. The SMILES string of the molecule is C1CCNC1.CC.CC.CCC.COC=O. The summed E-state index contributed by atoms with van der Waals surface area (Å²) in [6, 6.07) is 0. The zero-order chi connectivity index (χ0) is 13.7. The van der Waals surface area contributed by atoms with Gasteiger partial charge in [0.2, 0.25) is 0 Å². The number of nitrogens with one attached hydrogen (secondary N) is 1. The molecule has 1 aliphatic heterocycles. The Balaban J connectivity index is -0.0000000601. The van der Waals surface area contributed by atoms with Gasteiger partial charge in [-0.05, 0) is 25.9 Å². The van der Waals surface area contributed by atoms with E-state index in [0.717, 1.165) is 0 Å². The highest BCUT2D eigenvalue weighted by Crippen LogP contribution is 1.90. The molecule has 1 heterocycles. The Morgan fingerprint density at radius 3 is 1.38 bits per heavy atom. The second-order valence-electron chi connectivity index (χ2n) is 2.50. The molecule has 1 N–H and O–H groups in total. The van der Waals surface area contributed by atoms with Crippen molar-refractivity contribution in [3.63, 3.8) is 0 Å². The molecule has 0 aromatic rings. The van der Waals surface area contributed by atoms with Crippen molar-refractivity contribution >= 4 is 6.47 Å². The van der Waals surface area contributed by atoms with Crippen LogP contribution in [0, 0.1) is 0 Å². The summed E-state index contributed by atoms with van der Waals surface area (Å²) in [5.74, 6) is 0. The number of methoxy groups -OCH3 is 1.